The van der Waals surface area contributed by atoms with Gasteiger partial charge in [-0.3, -0.25) is 9.59 Å². The van der Waals surface area contributed by atoms with Crippen LogP contribution in [-0.4, -0.2) is 51.7 Å². The van der Waals surface area contributed by atoms with Crippen molar-refractivity contribution in [1.82, 2.24) is 0 Å². The molecule has 0 saturated heterocycles. The predicted molar refractivity (Wildman–Crippen MR) is 134 cm³/mol. The lowest BCUT2D eigenvalue weighted by molar-refractivity contribution is -0.232. The third kappa shape index (κ3) is 3.26. The summed E-state index contributed by atoms with van der Waals surface area (Å²) in [6.07, 6.45) is 1.48. The average Bonchev–Trinajstić information content (AvgIpc) is 3.09. The van der Waals surface area contributed by atoms with Gasteiger partial charge in [0.1, 0.15) is 12.3 Å². The van der Waals surface area contributed by atoms with Crippen molar-refractivity contribution in [2.24, 2.45) is 34.5 Å². The molecule has 3 unspecified atom stereocenters. The van der Waals surface area contributed by atoms with Gasteiger partial charge < -0.3 is 14.9 Å². The van der Waals surface area contributed by atoms with E-state index < -0.39 is 58.4 Å². The summed E-state index contributed by atoms with van der Waals surface area (Å²) < 4.78 is 23.7. The van der Waals surface area contributed by atoms with E-state index in [9.17, 15) is 24.6 Å². The molecule has 0 radical (unpaired) electrons. The fourth-order valence-electron chi connectivity index (χ4n) is 9.05. The largest absolute Gasteiger partial charge is 0.446 e. The minimum absolute atomic E-state index is 0.00798. The van der Waals surface area contributed by atoms with E-state index in [1.54, 1.807) is 36.4 Å². The number of aliphatic hydroxyl groups is 2. The number of halogens is 1. The van der Waals surface area contributed by atoms with Gasteiger partial charge in [0.15, 0.2) is 11.4 Å². The molecule has 0 amide bonds. The van der Waals surface area contributed by atoms with Crippen LogP contribution in [0.3, 0.4) is 0 Å². The highest BCUT2D eigenvalue weighted by Crippen LogP contribution is 2.72. The van der Waals surface area contributed by atoms with Gasteiger partial charge in [-0.15, -0.1) is 0 Å². The van der Waals surface area contributed by atoms with E-state index in [4.69, 9.17) is 4.74 Å². The standard InChI is InChI=1S/C30H37FO6/c1-17-12-23-22-13-18(2)30(25(35)16-32,37-26(36)19-8-6-5-7-9-19)28(22,4)15-24(34)29(23,31)27(3)11-10-20(33)14-21(17)27/h5-9,14,17-18,22-24,32,34H,10-13,15-16H2,1-4H3/t17?,18?,22-,23-,24?,27-,28-,29-,30-/m0/s1. The van der Waals surface area contributed by atoms with Crippen molar-refractivity contribution in [2.45, 2.75) is 77.2 Å². The lowest BCUT2D eigenvalue weighted by Crippen LogP contribution is -2.71. The van der Waals surface area contributed by atoms with Crippen LogP contribution in [0.15, 0.2) is 42.0 Å². The van der Waals surface area contributed by atoms with E-state index in [1.807, 2.05) is 27.7 Å². The van der Waals surface area contributed by atoms with E-state index >= 15 is 4.39 Å². The number of ether oxygens (including phenoxy) is 1. The van der Waals surface area contributed by atoms with E-state index in [0.717, 1.165) is 5.57 Å². The van der Waals surface area contributed by atoms with Gasteiger partial charge in [-0.1, -0.05) is 51.5 Å². The maximum atomic E-state index is 17.6. The third-order valence-electron chi connectivity index (χ3n) is 10.7. The number of ketones is 2. The average molecular weight is 513 g/mol. The zero-order valence-electron chi connectivity index (χ0n) is 22.0. The number of allylic oxidation sites excluding steroid dienone is 1. The molecule has 3 saturated carbocycles. The van der Waals surface area contributed by atoms with Gasteiger partial charge in [-0.2, -0.15) is 0 Å². The molecule has 1 aromatic rings. The summed E-state index contributed by atoms with van der Waals surface area (Å²) in [7, 11) is 0. The molecule has 6 nitrogen and oxygen atoms in total. The van der Waals surface area contributed by atoms with Crippen LogP contribution in [0.5, 0.6) is 0 Å². The van der Waals surface area contributed by atoms with Gasteiger partial charge in [0.25, 0.3) is 0 Å². The quantitative estimate of drug-likeness (QED) is 0.586. The monoisotopic (exact) mass is 512 g/mol. The molecule has 4 aliphatic carbocycles. The van der Waals surface area contributed by atoms with Crippen LogP contribution in [0.1, 0.15) is 70.2 Å². The molecular formula is C30H37FO6. The highest BCUT2D eigenvalue weighted by molar-refractivity contribution is 5.96. The predicted octanol–water partition coefficient (Wildman–Crippen LogP) is 4.23. The Morgan fingerprint density at radius 1 is 1.11 bits per heavy atom. The molecule has 0 aromatic heterocycles. The van der Waals surface area contributed by atoms with Crippen molar-refractivity contribution in [3.63, 3.8) is 0 Å². The fourth-order valence-corrected chi connectivity index (χ4v) is 9.05. The zero-order chi connectivity index (χ0) is 27.0. The Kier molecular flexibility index (Phi) is 6.07. The molecule has 4 aliphatic rings. The molecule has 0 bridgehead atoms. The topological polar surface area (TPSA) is 101 Å². The van der Waals surface area contributed by atoms with Crippen LogP contribution in [0, 0.1) is 34.5 Å². The second-order valence-electron chi connectivity index (χ2n) is 12.4. The maximum absolute atomic E-state index is 17.6. The Labute approximate surface area is 217 Å². The van der Waals surface area contributed by atoms with Gasteiger partial charge in [-0.05, 0) is 55.7 Å². The van der Waals surface area contributed by atoms with Crippen molar-refractivity contribution in [3.8, 4) is 0 Å². The van der Waals surface area contributed by atoms with Gasteiger partial charge >= 0.3 is 5.97 Å². The molecule has 3 fully saturated rings. The molecular weight excluding hydrogens is 475 g/mol. The van der Waals surface area contributed by atoms with Crippen LogP contribution in [0.4, 0.5) is 4.39 Å². The summed E-state index contributed by atoms with van der Waals surface area (Å²) in [5.41, 5.74) is -4.73. The van der Waals surface area contributed by atoms with Crippen LogP contribution >= 0.6 is 0 Å². The Morgan fingerprint density at radius 2 is 1.78 bits per heavy atom. The van der Waals surface area contributed by atoms with Gasteiger partial charge in [-0.25, -0.2) is 9.18 Å². The number of rotatable bonds is 4. The summed E-state index contributed by atoms with van der Waals surface area (Å²) >= 11 is 0. The lowest BCUT2D eigenvalue weighted by Gasteiger charge is -2.64. The summed E-state index contributed by atoms with van der Waals surface area (Å²) in [5, 5.41) is 21.7. The molecule has 5 rings (SSSR count). The summed E-state index contributed by atoms with van der Waals surface area (Å²) in [6.45, 7) is 6.65. The minimum Gasteiger partial charge on any atom is -0.446 e. The Bertz CT molecular complexity index is 1160. The summed E-state index contributed by atoms with van der Waals surface area (Å²) in [6, 6.07) is 8.37. The second kappa shape index (κ2) is 8.57. The molecule has 1 aromatic carbocycles. The summed E-state index contributed by atoms with van der Waals surface area (Å²) in [5.74, 6) is -2.83. The number of Topliss-reactive ketones (excluding diaryl/α,β-unsaturated/α-hetero) is 1. The normalized spacial score (nSPS) is 44.8. The van der Waals surface area contributed by atoms with E-state index in [0.29, 0.717) is 19.3 Å². The van der Waals surface area contributed by atoms with Gasteiger partial charge in [0, 0.05) is 29.1 Å². The van der Waals surface area contributed by atoms with E-state index in [-0.39, 0.29) is 36.0 Å². The number of hydrogen-bond acceptors (Lipinski definition) is 6. The maximum Gasteiger partial charge on any atom is 0.339 e. The number of fused-ring (bicyclic) bond motifs is 5. The number of carbonyl (C=O) groups is 3. The summed E-state index contributed by atoms with van der Waals surface area (Å²) in [4.78, 5) is 39.1. The van der Waals surface area contributed by atoms with Crippen molar-refractivity contribution >= 4 is 17.5 Å². The van der Waals surface area contributed by atoms with Crippen molar-refractivity contribution < 1.29 is 33.7 Å². The number of esters is 1. The van der Waals surface area contributed by atoms with Gasteiger partial charge in [0.05, 0.1) is 11.7 Å². The molecule has 37 heavy (non-hydrogen) atoms. The third-order valence-corrected chi connectivity index (χ3v) is 10.7. The highest BCUT2D eigenvalue weighted by Gasteiger charge is 2.77. The first kappa shape index (κ1) is 26.2. The molecule has 200 valence electrons. The minimum atomic E-state index is -1.99. The first-order chi connectivity index (χ1) is 17.4. The van der Waals surface area contributed by atoms with Gasteiger partial charge in [0.2, 0.25) is 5.78 Å². The number of carbonyl (C=O) groups excluding carboxylic acids is 3. The molecule has 9 atom stereocenters. The molecule has 2 N–H and O–H groups in total. The number of aliphatic hydroxyl groups excluding tert-OH is 2. The van der Waals surface area contributed by atoms with Crippen LogP contribution in [-0.2, 0) is 14.3 Å². The SMILES string of the molecule is CC1C[C@H]2[C@@H]3CC(C)[C@](OC(=O)c4ccccc4)(C(=O)CO)[C@@]3(C)CC(O)[C@]2(F)[C@@]2(C)CCC(=O)C=C12. The fraction of sp³-hybridized carbons (Fsp3) is 0.633. The highest BCUT2D eigenvalue weighted by atomic mass is 19.1. The first-order valence-electron chi connectivity index (χ1n) is 13.4. The molecule has 0 heterocycles. The Hall–Kier alpha value is -2.38. The second-order valence-corrected chi connectivity index (χ2v) is 12.4. The Morgan fingerprint density at radius 3 is 2.43 bits per heavy atom. The van der Waals surface area contributed by atoms with Crippen LogP contribution in [0.25, 0.3) is 0 Å². The molecule has 0 spiro atoms. The Balaban J connectivity index is 1.62. The smallest absolute Gasteiger partial charge is 0.339 e. The van der Waals surface area contributed by atoms with Crippen molar-refractivity contribution in [1.29, 1.82) is 0 Å². The van der Waals surface area contributed by atoms with E-state index in [2.05, 4.69) is 0 Å². The molecule has 0 aliphatic heterocycles. The number of hydrogen-bond donors (Lipinski definition) is 2. The zero-order valence-corrected chi connectivity index (χ0v) is 22.0. The number of benzene rings is 1. The number of alkyl halides is 1. The van der Waals surface area contributed by atoms with Crippen molar-refractivity contribution in [2.75, 3.05) is 6.61 Å². The van der Waals surface area contributed by atoms with Crippen LogP contribution in [0.2, 0.25) is 0 Å². The van der Waals surface area contributed by atoms with E-state index in [1.165, 1.54) is 0 Å². The van der Waals surface area contributed by atoms with Crippen molar-refractivity contribution in [3.05, 3.63) is 47.5 Å². The van der Waals surface area contributed by atoms with Crippen LogP contribution < -0.4 is 0 Å². The molecule has 7 heteroatoms. The lowest BCUT2D eigenvalue weighted by atomic mass is 9.42. The first-order valence-corrected chi connectivity index (χ1v) is 13.4.